The first-order chi connectivity index (χ1) is 25.1. The largest absolute Gasteiger partial charge is 0.467 e. The number of methoxy groups -OCH3 is 1. The minimum atomic E-state index is -2.14. The molecule has 9 N–H and O–H groups in total. The van der Waals surface area contributed by atoms with E-state index in [4.69, 9.17) is 4.74 Å². The summed E-state index contributed by atoms with van der Waals surface area (Å²) >= 11 is 0. The van der Waals surface area contributed by atoms with Gasteiger partial charge in [0.15, 0.2) is 11.9 Å². The van der Waals surface area contributed by atoms with Crippen LogP contribution >= 0.6 is 0 Å². The van der Waals surface area contributed by atoms with Crippen LogP contribution in [0, 0.1) is 0 Å². The maximum Gasteiger partial charge on any atom is 0.328 e. The molecule has 16 heteroatoms. The number of hydrogen-bond donors (Lipinski definition) is 9. The first-order valence-electron chi connectivity index (χ1n) is 17.4. The van der Waals surface area contributed by atoms with Crippen LogP contribution in [0.1, 0.15) is 51.2 Å². The first-order valence-corrected chi connectivity index (χ1v) is 17.4. The topological polar surface area (TPSA) is 253 Å². The summed E-state index contributed by atoms with van der Waals surface area (Å²) in [4.78, 5) is 76.5. The monoisotopic (exact) mass is 743 g/mol. The zero-order valence-electron chi connectivity index (χ0n) is 30.5. The Hall–Kier alpha value is -4.74. The number of ether oxygens (including phenoxy) is 1. The van der Waals surface area contributed by atoms with Crippen LogP contribution in [0.3, 0.4) is 0 Å². The highest BCUT2D eigenvalue weighted by Gasteiger charge is 2.36. The molecule has 0 heterocycles. The zero-order valence-corrected chi connectivity index (χ0v) is 30.5. The highest BCUT2D eigenvalue weighted by Crippen LogP contribution is 2.10. The minimum absolute atomic E-state index is 0.0222. The fourth-order valence-corrected chi connectivity index (χ4v) is 5.15. The molecule has 0 aromatic heterocycles. The molecule has 16 nitrogen and oxygen atoms in total. The lowest BCUT2D eigenvalue weighted by molar-refractivity contribution is -0.153. The summed E-state index contributed by atoms with van der Waals surface area (Å²) in [6, 6.07) is 14.7. The van der Waals surface area contributed by atoms with Crippen molar-refractivity contribution in [1.29, 1.82) is 0 Å². The van der Waals surface area contributed by atoms with Crippen LogP contribution in [0.5, 0.6) is 0 Å². The second-order valence-corrected chi connectivity index (χ2v) is 12.9. The van der Waals surface area contributed by atoms with Gasteiger partial charge >= 0.3 is 5.97 Å². The number of rotatable bonds is 23. The van der Waals surface area contributed by atoms with Crippen LogP contribution < -0.4 is 26.6 Å². The van der Waals surface area contributed by atoms with Gasteiger partial charge in [0.1, 0.15) is 36.4 Å². The molecule has 0 fully saturated rings. The van der Waals surface area contributed by atoms with Crippen molar-refractivity contribution in [2.75, 3.05) is 20.2 Å². The van der Waals surface area contributed by atoms with Gasteiger partial charge in [0.05, 0.1) is 13.7 Å². The molecule has 2 aromatic carbocycles. The molecule has 2 rings (SSSR count). The molecule has 0 saturated carbocycles. The van der Waals surface area contributed by atoms with Gasteiger partial charge in [0.25, 0.3) is 5.91 Å². The van der Waals surface area contributed by atoms with Crippen LogP contribution in [-0.4, -0.2) is 125 Å². The second kappa shape index (κ2) is 23.0. The van der Waals surface area contributed by atoms with Crippen molar-refractivity contribution in [3.05, 3.63) is 71.8 Å². The van der Waals surface area contributed by atoms with Crippen molar-refractivity contribution in [2.45, 2.75) is 101 Å². The van der Waals surface area contributed by atoms with E-state index in [1.165, 1.54) is 0 Å². The van der Waals surface area contributed by atoms with Gasteiger partial charge in [0.2, 0.25) is 17.7 Å². The van der Waals surface area contributed by atoms with E-state index in [0.717, 1.165) is 25.2 Å². The molecule has 4 unspecified atom stereocenters. The third kappa shape index (κ3) is 15.8. The highest BCUT2D eigenvalue weighted by atomic mass is 16.5. The van der Waals surface area contributed by atoms with E-state index in [0.29, 0.717) is 0 Å². The van der Waals surface area contributed by atoms with Gasteiger partial charge in [-0.3, -0.25) is 24.0 Å². The predicted octanol–water partition coefficient (Wildman–Crippen LogP) is -1.58. The van der Waals surface area contributed by atoms with Gasteiger partial charge in [-0.15, -0.1) is 0 Å². The minimum Gasteiger partial charge on any atom is -0.467 e. The van der Waals surface area contributed by atoms with Gasteiger partial charge in [-0.05, 0) is 37.3 Å². The number of carbonyl (C=O) groups is 6. The van der Waals surface area contributed by atoms with Crippen LogP contribution in [0.4, 0.5) is 0 Å². The van der Waals surface area contributed by atoms with E-state index in [1.807, 2.05) is 44.2 Å². The Balaban J connectivity index is 2.12. The van der Waals surface area contributed by atoms with E-state index < -0.39 is 77.9 Å². The predicted molar refractivity (Wildman–Crippen MR) is 193 cm³/mol. The number of hydrogen-bond acceptors (Lipinski definition) is 12. The Morgan fingerprint density at radius 1 is 0.660 bits per heavy atom. The number of unbranched alkanes of at least 4 members (excludes halogenated alkanes) is 1. The Bertz CT molecular complexity index is 1480. The van der Waals surface area contributed by atoms with Crippen molar-refractivity contribution in [3.63, 3.8) is 0 Å². The van der Waals surface area contributed by atoms with Gasteiger partial charge in [0, 0.05) is 25.4 Å². The van der Waals surface area contributed by atoms with Crippen LogP contribution in [0.2, 0.25) is 0 Å². The molecule has 2 aromatic rings. The summed E-state index contributed by atoms with van der Waals surface area (Å²) in [5.41, 5.74) is 1.50. The van der Waals surface area contributed by atoms with E-state index in [-0.39, 0.29) is 51.2 Å². The molecule has 0 aliphatic heterocycles. The van der Waals surface area contributed by atoms with Crippen molar-refractivity contribution < 1.29 is 53.9 Å². The number of ketones is 1. The molecule has 4 amide bonds. The Morgan fingerprint density at radius 2 is 1.15 bits per heavy atom. The summed E-state index contributed by atoms with van der Waals surface area (Å²) in [6.07, 6.45) is -7.59. The molecule has 53 heavy (non-hydrogen) atoms. The lowest BCUT2D eigenvalue weighted by Gasteiger charge is -2.25. The van der Waals surface area contributed by atoms with Crippen molar-refractivity contribution in [3.8, 4) is 0 Å². The molecule has 0 spiro atoms. The van der Waals surface area contributed by atoms with Gasteiger partial charge in [-0.1, -0.05) is 74.5 Å². The van der Waals surface area contributed by atoms with Crippen LogP contribution in [0.25, 0.3) is 0 Å². The smallest absolute Gasteiger partial charge is 0.328 e. The molecule has 0 radical (unpaired) electrons. The SMILES string of the molecule is COC(=O)[C@H](CCCCNC(=O)C(O)C(O)C(O)C(O)C(C)=O)NC(=O)[C@H](Cc1ccccc1)NC(=O)[C@H](Cc1ccccc1)NC(=O)CNC(C)C. The normalized spacial score (nSPS) is 15.1. The standard InChI is InChI=1S/C37H53N5O11/c1-22(2)39-21-29(44)40-27(19-24-13-7-5-8-14-24)34(49)42-28(20-25-15-9-6-10-16-25)35(50)41-26(37(52)53-4)17-11-12-18-38-36(51)33(48)32(47)31(46)30(45)23(3)43/h5-10,13-16,22,26-28,30-33,39,45-48H,11-12,17-21H2,1-4H3,(H,38,51)(H,40,44)(H,41,50)(H,42,49)/t26-,27-,28-,30?,31?,32?,33?/m0/s1. The molecule has 292 valence electrons. The van der Waals surface area contributed by atoms with Gasteiger partial charge < -0.3 is 51.7 Å². The summed E-state index contributed by atoms with van der Waals surface area (Å²) in [5, 5.41) is 53.0. The summed E-state index contributed by atoms with van der Waals surface area (Å²) < 4.78 is 4.90. The number of esters is 1. The zero-order chi connectivity index (χ0) is 39.5. The number of aliphatic hydroxyl groups is 4. The van der Waals surface area contributed by atoms with Crippen LogP contribution in [-0.2, 0) is 46.3 Å². The van der Waals surface area contributed by atoms with Gasteiger partial charge in [-0.25, -0.2) is 4.79 Å². The number of nitrogens with one attached hydrogen (secondary N) is 5. The number of aliphatic hydroxyl groups excluding tert-OH is 4. The Morgan fingerprint density at radius 3 is 1.64 bits per heavy atom. The Labute approximate surface area is 309 Å². The molecule has 0 aliphatic rings. The first kappa shape index (κ1) is 44.4. The summed E-state index contributed by atoms with van der Waals surface area (Å²) in [6.45, 7) is 4.67. The second-order valence-electron chi connectivity index (χ2n) is 12.9. The molecular formula is C37H53N5O11. The van der Waals surface area contributed by atoms with E-state index >= 15 is 0 Å². The fraction of sp³-hybridized carbons (Fsp3) is 0.514. The van der Waals surface area contributed by atoms with Crippen molar-refractivity contribution in [2.24, 2.45) is 0 Å². The van der Waals surface area contributed by atoms with Crippen LogP contribution in [0.15, 0.2) is 60.7 Å². The summed E-state index contributed by atoms with van der Waals surface area (Å²) in [7, 11) is 1.15. The number of benzene rings is 2. The summed E-state index contributed by atoms with van der Waals surface area (Å²) in [5.74, 6) is -4.38. The lowest BCUT2D eigenvalue weighted by Crippen LogP contribution is -2.57. The lowest BCUT2D eigenvalue weighted by atomic mass is 10.00. The average Bonchev–Trinajstić information content (AvgIpc) is 3.14. The molecular weight excluding hydrogens is 690 g/mol. The van der Waals surface area contributed by atoms with Gasteiger partial charge in [-0.2, -0.15) is 0 Å². The quantitative estimate of drug-likeness (QED) is 0.0462. The maximum atomic E-state index is 13.8. The fourth-order valence-electron chi connectivity index (χ4n) is 5.15. The van der Waals surface area contributed by atoms with E-state index in [1.54, 1.807) is 30.3 Å². The number of carbonyl (C=O) groups excluding carboxylic acids is 6. The highest BCUT2D eigenvalue weighted by molar-refractivity contribution is 5.94. The Kier molecular flexibility index (Phi) is 19.3. The number of Topliss-reactive ketones (excluding diaryl/α,β-unsaturated/α-hetero) is 1. The van der Waals surface area contributed by atoms with E-state index in [2.05, 4.69) is 26.6 Å². The third-order valence-corrected chi connectivity index (χ3v) is 8.22. The molecule has 0 bridgehead atoms. The molecule has 0 aliphatic carbocycles. The van der Waals surface area contributed by atoms with E-state index in [9.17, 15) is 49.2 Å². The van der Waals surface area contributed by atoms with Crippen molar-refractivity contribution in [1.82, 2.24) is 26.6 Å². The molecule has 0 saturated heterocycles. The third-order valence-electron chi connectivity index (χ3n) is 8.22. The maximum absolute atomic E-state index is 13.8. The average molecular weight is 744 g/mol. The molecule has 7 atom stereocenters. The number of amides is 4. The van der Waals surface area contributed by atoms with Crippen molar-refractivity contribution >= 4 is 35.4 Å².